The van der Waals surface area contributed by atoms with Crippen LogP contribution in [0.4, 0.5) is 0 Å². The second-order valence-corrected chi connectivity index (χ2v) is 5.38. The highest BCUT2D eigenvalue weighted by Crippen LogP contribution is 2.42. The molecule has 2 rings (SSSR count). The van der Waals surface area contributed by atoms with E-state index in [1.165, 1.54) is 0 Å². The summed E-state index contributed by atoms with van der Waals surface area (Å²) >= 11 is 0. The zero-order chi connectivity index (χ0) is 12.8. The van der Waals surface area contributed by atoms with Crippen LogP contribution in [0.3, 0.4) is 0 Å². The van der Waals surface area contributed by atoms with Gasteiger partial charge in [0.2, 0.25) is 0 Å². The Balaban J connectivity index is 2.33. The number of carbonyl (C=O) groups excluding carboxylic acids is 2. The summed E-state index contributed by atoms with van der Waals surface area (Å²) in [6.07, 6.45) is 0.227. The lowest BCUT2D eigenvalue weighted by Gasteiger charge is -2.49. The fraction of sp³-hybridized carbons (Fsp3) is 0.846. The minimum absolute atomic E-state index is 0.112. The van der Waals surface area contributed by atoms with Crippen molar-refractivity contribution in [1.29, 1.82) is 0 Å². The number of hydrogen-bond acceptors (Lipinski definition) is 4. The Kier molecular flexibility index (Phi) is 3.12. The zero-order valence-electron chi connectivity index (χ0n) is 10.9. The summed E-state index contributed by atoms with van der Waals surface area (Å²) in [5.41, 5.74) is 0. The summed E-state index contributed by atoms with van der Waals surface area (Å²) < 4.78 is 11.7. The molecule has 0 unspecified atom stereocenters. The average Bonchev–Trinajstić information content (AvgIpc) is 2.28. The van der Waals surface area contributed by atoms with E-state index in [1.54, 1.807) is 13.8 Å². The Bertz CT molecular complexity index is 351. The van der Waals surface area contributed by atoms with Crippen LogP contribution in [0, 0.1) is 17.8 Å². The fourth-order valence-corrected chi connectivity index (χ4v) is 2.87. The lowest BCUT2D eigenvalue weighted by atomic mass is 9.76. The van der Waals surface area contributed by atoms with E-state index in [4.69, 9.17) is 9.47 Å². The number of rotatable bonds is 0. The van der Waals surface area contributed by atoms with Gasteiger partial charge < -0.3 is 9.47 Å². The quantitative estimate of drug-likeness (QED) is 0.645. The number of hydrogen-bond donors (Lipinski definition) is 0. The lowest BCUT2D eigenvalue weighted by molar-refractivity contribution is -0.319. The fourth-order valence-electron chi connectivity index (χ4n) is 2.87. The third kappa shape index (κ3) is 1.83. The van der Waals surface area contributed by atoms with Crippen molar-refractivity contribution in [2.24, 2.45) is 17.8 Å². The summed E-state index contributed by atoms with van der Waals surface area (Å²) in [5.74, 6) is -1.64. The molecule has 0 amide bonds. The van der Waals surface area contributed by atoms with Crippen LogP contribution in [0.2, 0.25) is 0 Å². The van der Waals surface area contributed by atoms with Crippen molar-refractivity contribution in [1.82, 2.24) is 0 Å². The van der Waals surface area contributed by atoms with Gasteiger partial charge in [-0.05, 0) is 6.92 Å². The van der Waals surface area contributed by atoms with Crippen molar-refractivity contribution in [3.63, 3.8) is 0 Å². The molecular formula is C13H20O4. The minimum atomic E-state index is -1.03. The van der Waals surface area contributed by atoms with Gasteiger partial charge in [-0.1, -0.05) is 20.8 Å². The molecule has 0 aromatic rings. The summed E-state index contributed by atoms with van der Waals surface area (Å²) in [7, 11) is 0. The van der Waals surface area contributed by atoms with E-state index in [-0.39, 0.29) is 35.4 Å². The first-order valence-corrected chi connectivity index (χ1v) is 6.26. The largest absolute Gasteiger partial charge is 0.348 e. The normalized spacial score (nSPS) is 47.5. The van der Waals surface area contributed by atoms with Crippen molar-refractivity contribution < 1.29 is 19.1 Å². The van der Waals surface area contributed by atoms with Gasteiger partial charge in [0.15, 0.2) is 5.79 Å². The van der Waals surface area contributed by atoms with Gasteiger partial charge in [0.05, 0.1) is 24.5 Å². The van der Waals surface area contributed by atoms with Crippen molar-refractivity contribution in [3.8, 4) is 0 Å². The molecule has 4 nitrogen and oxygen atoms in total. The highest BCUT2D eigenvalue weighted by atomic mass is 16.7. The highest BCUT2D eigenvalue weighted by molar-refractivity contribution is 5.88. The van der Waals surface area contributed by atoms with Crippen LogP contribution in [-0.4, -0.2) is 30.1 Å². The maximum absolute atomic E-state index is 12.1. The summed E-state index contributed by atoms with van der Waals surface area (Å²) in [5, 5.41) is 0. The van der Waals surface area contributed by atoms with Crippen LogP contribution in [0.15, 0.2) is 0 Å². The van der Waals surface area contributed by atoms with E-state index < -0.39 is 5.79 Å². The van der Waals surface area contributed by atoms with Crippen LogP contribution >= 0.6 is 0 Å². The molecule has 4 heteroatoms. The molecule has 2 aliphatic rings. The number of ketones is 2. The van der Waals surface area contributed by atoms with Crippen LogP contribution in [0.25, 0.3) is 0 Å². The molecule has 0 radical (unpaired) electrons. The lowest BCUT2D eigenvalue weighted by Crippen LogP contribution is -2.61. The standard InChI is InChI=1S/C13H20O4/c1-7-6-16-13(10(4)12(7)15)9(3)11(14)5-8(2)17-13/h7-10H,5-6H2,1-4H3/t7-,8-,9-,10-,13-/m0/s1. The maximum atomic E-state index is 12.1. The second kappa shape index (κ2) is 4.18. The van der Waals surface area contributed by atoms with Gasteiger partial charge in [-0.2, -0.15) is 0 Å². The van der Waals surface area contributed by atoms with Crippen LogP contribution < -0.4 is 0 Å². The van der Waals surface area contributed by atoms with E-state index in [9.17, 15) is 9.59 Å². The van der Waals surface area contributed by atoms with E-state index in [0.717, 1.165) is 0 Å². The predicted octanol–water partition coefficient (Wildman–Crippen LogP) is 1.57. The molecule has 1 spiro atoms. The van der Waals surface area contributed by atoms with E-state index in [0.29, 0.717) is 13.0 Å². The van der Waals surface area contributed by atoms with Gasteiger partial charge in [-0.3, -0.25) is 9.59 Å². The van der Waals surface area contributed by atoms with Crippen molar-refractivity contribution in [3.05, 3.63) is 0 Å². The summed E-state index contributed by atoms with van der Waals surface area (Å²) in [6, 6.07) is 0. The predicted molar refractivity (Wildman–Crippen MR) is 61.4 cm³/mol. The van der Waals surface area contributed by atoms with Crippen LogP contribution in [0.5, 0.6) is 0 Å². The van der Waals surface area contributed by atoms with Gasteiger partial charge in [-0.15, -0.1) is 0 Å². The first-order chi connectivity index (χ1) is 7.88. The third-order valence-corrected chi connectivity index (χ3v) is 4.04. The minimum Gasteiger partial charge on any atom is -0.348 e. The van der Waals surface area contributed by atoms with Crippen LogP contribution in [-0.2, 0) is 19.1 Å². The van der Waals surface area contributed by atoms with Gasteiger partial charge in [0.1, 0.15) is 11.6 Å². The SMILES string of the molecule is C[C@H]1CC(=O)[C@H](C)[C@]2(OC[C@H](C)C(=O)[C@@H]2C)O1. The van der Waals surface area contributed by atoms with Crippen LogP contribution in [0.1, 0.15) is 34.1 Å². The van der Waals surface area contributed by atoms with Gasteiger partial charge >= 0.3 is 0 Å². The van der Waals surface area contributed by atoms with Crippen molar-refractivity contribution in [2.45, 2.75) is 46.0 Å². The van der Waals surface area contributed by atoms with Gasteiger partial charge in [0.25, 0.3) is 0 Å². The Morgan fingerprint density at radius 1 is 1.12 bits per heavy atom. The molecule has 2 heterocycles. The molecule has 0 aromatic carbocycles. The molecule has 96 valence electrons. The number of ether oxygens (including phenoxy) is 2. The van der Waals surface area contributed by atoms with E-state index in [1.807, 2.05) is 13.8 Å². The molecule has 0 bridgehead atoms. The molecule has 2 fully saturated rings. The molecule has 5 atom stereocenters. The molecule has 2 saturated heterocycles. The molecule has 0 aromatic heterocycles. The monoisotopic (exact) mass is 240 g/mol. The Morgan fingerprint density at radius 2 is 1.76 bits per heavy atom. The molecule has 0 N–H and O–H groups in total. The topological polar surface area (TPSA) is 52.6 Å². The molecular weight excluding hydrogens is 220 g/mol. The molecule has 0 aliphatic carbocycles. The number of Topliss-reactive ketones (excluding diaryl/α,β-unsaturated/α-hetero) is 2. The van der Waals surface area contributed by atoms with E-state index in [2.05, 4.69) is 0 Å². The van der Waals surface area contributed by atoms with Crippen molar-refractivity contribution >= 4 is 11.6 Å². The average molecular weight is 240 g/mol. The number of carbonyl (C=O) groups is 2. The van der Waals surface area contributed by atoms with Gasteiger partial charge in [0, 0.05) is 12.3 Å². The second-order valence-electron chi connectivity index (χ2n) is 5.38. The molecule has 17 heavy (non-hydrogen) atoms. The third-order valence-electron chi connectivity index (χ3n) is 4.04. The van der Waals surface area contributed by atoms with Gasteiger partial charge in [-0.25, -0.2) is 0 Å². The Labute approximate surface area is 102 Å². The smallest absolute Gasteiger partial charge is 0.187 e. The maximum Gasteiger partial charge on any atom is 0.187 e. The zero-order valence-corrected chi connectivity index (χ0v) is 10.9. The van der Waals surface area contributed by atoms with E-state index >= 15 is 0 Å². The molecule has 2 aliphatic heterocycles. The first kappa shape index (κ1) is 12.7. The molecule has 0 saturated carbocycles. The Hall–Kier alpha value is -0.740. The highest BCUT2D eigenvalue weighted by Gasteiger charge is 2.56. The first-order valence-electron chi connectivity index (χ1n) is 6.26. The van der Waals surface area contributed by atoms with Crippen molar-refractivity contribution in [2.75, 3.05) is 6.61 Å². The summed E-state index contributed by atoms with van der Waals surface area (Å²) in [6.45, 7) is 7.65. The Morgan fingerprint density at radius 3 is 2.41 bits per heavy atom. The summed E-state index contributed by atoms with van der Waals surface area (Å²) in [4.78, 5) is 24.0.